The van der Waals surface area contributed by atoms with Gasteiger partial charge in [-0.2, -0.15) is 5.10 Å². The average molecular weight is 355 g/mol. The lowest BCUT2D eigenvalue weighted by Gasteiger charge is -2.29. The Hall–Kier alpha value is -0.895. The van der Waals surface area contributed by atoms with Crippen molar-refractivity contribution in [1.29, 1.82) is 0 Å². The van der Waals surface area contributed by atoms with E-state index in [1.165, 1.54) is 6.33 Å². The maximum Gasteiger partial charge on any atom is 0.277 e. The minimum absolute atomic E-state index is 0.159. The van der Waals surface area contributed by atoms with Crippen molar-refractivity contribution in [1.82, 2.24) is 24.4 Å². The number of rotatable bonds is 1. The summed E-state index contributed by atoms with van der Waals surface area (Å²) in [4.78, 5) is 20.6. The molecule has 1 fully saturated rings. The van der Waals surface area contributed by atoms with Gasteiger partial charge in [0.05, 0.1) is 0 Å². The normalized spacial score (nSPS) is 21.5. The Kier molecular flexibility index (Phi) is 3.14. The molecule has 8 heteroatoms. The summed E-state index contributed by atoms with van der Waals surface area (Å²) in [6, 6.07) is 0. The van der Waals surface area contributed by atoms with Crippen LogP contribution in [0, 0.1) is 3.70 Å². The maximum atomic E-state index is 11.8. The van der Waals surface area contributed by atoms with Crippen LogP contribution in [0.3, 0.4) is 0 Å². The van der Waals surface area contributed by atoms with Gasteiger partial charge in [-0.05, 0) is 48.5 Å². The third-order valence-corrected chi connectivity index (χ3v) is 3.99. The summed E-state index contributed by atoms with van der Waals surface area (Å²) in [7, 11) is 5.85. The van der Waals surface area contributed by atoms with Crippen molar-refractivity contribution >= 4 is 36.1 Å². The molecule has 1 aliphatic rings. The number of piperidine rings is 1. The predicted octanol–water partition coefficient (Wildman–Crippen LogP) is 0.285. The summed E-state index contributed by atoms with van der Waals surface area (Å²) in [5, 5.41) is 4.20. The van der Waals surface area contributed by atoms with Crippen molar-refractivity contribution in [2.24, 2.45) is 0 Å². The van der Waals surface area contributed by atoms with Crippen LogP contribution < -0.4 is 5.56 Å². The van der Waals surface area contributed by atoms with Gasteiger partial charge in [-0.3, -0.25) is 4.79 Å². The zero-order valence-electron chi connectivity index (χ0n) is 9.64. The number of imidazole rings is 1. The number of halogens is 1. The molecule has 3 rings (SSSR count). The fraction of sp³-hybridized carbons (Fsp3) is 0.500. The number of aromatic amines is 1. The molecule has 0 bridgehead atoms. The van der Waals surface area contributed by atoms with Crippen molar-refractivity contribution in [2.45, 2.75) is 18.8 Å². The molecule has 1 N–H and O–H groups in total. The Balaban J connectivity index is 2.12. The second-order valence-electron chi connectivity index (χ2n) is 4.47. The molecular weight excluding hydrogens is 344 g/mol. The number of fused-ring (bicyclic) bond motifs is 1. The van der Waals surface area contributed by atoms with E-state index in [1.54, 1.807) is 9.33 Å². The highest BCUT2D eigenvalue weighted by Gasteiger charge is 2.25. The van der Waals surface area contributed by atoms with Gasteiger partial charge in [0.15, 0.2) is 13.5 Å². The van der Waals surface area contributed by atoms with Crippen LogP contribution in [0.1, 0.15) is 24.6 Å². The molecule has 0 aliphatic carbocycles. The van der Waals surface area contributed by atoms with Crippen molar-refractivity contribution in [3.05, 3.63) is 26.2 Å². The molecule has 2 radical (unpaired) electrons. The van der Waals surface area contributed by atoms with Gasteiger partial charge in [-0.15, -0.1) is 0 Å². The summed E-state index contributed by atoms with van der Waals surface area (Å²) in [6.07, 6.45) is 3.47. The third kappa shape index (κ3) is 1.97. The molecule has 0 spiro atoms. The highest BCUT2D eigenvalue weighted by Crippen LogP contribution is 2.26. The fourth-order valence-electron chi connectivity index (χ4n) is 2.40. The number of hydrogen-bond donors (Lipinski definition) is 1. The smallest absolute Gasteiger partial charge is 0.277 e. The third-order valence-electron chi connectivity index (χ3n) is 3.24. The molecule has 1 saturated heterocycles. The lowest BCUT2D eigenvalue weighted by molar-refractivity contribution is 0.321. The van der Waals surface area contributed by atoms with Crippen LogP contribution in [0.5, 0.6) is 0 Å². The van der Waals surface area contributed by atoms with Crippen LogP contribution in [0.2, 0.25) is 0 Å². The van der Waals surface area contributed by atoms with E-state index in [-0.39, 0.29) is 11.5 Å². The van der Waals surface area contributed by atoms with Gasteiger partial charge >= 0.3 is 0 Å². The van der Waals surface area contributed by atoms with Crippen LogP contribution in [-0.4, -0.2) is 45.5 Å². The van der Waals surface area contributed by atoms with Gasteiger partial charge in [0.25, 0.3) is 5.56 Å². The van der Waals surface area contributed by atoms with Crippen molar-refractivity contribution in [3.8, 4) is 0 Å². The Morgan fingerprint density at radius 1 is 1.56 bits per heavy atom. The van der Waals surface area contributed by atoms with Gasteiger partial charge in [0.2, 0.25) is 0 Å². The maximum absolute atomic E-state index is 11.8. The lowest BCUT2D eigenvalue weighted by Crippen LogP contribution is -2.33. The first-order valence-electron chi connectivity index (χ1n) is 5.78. The standard InChI is InChI=1S/C10H11BIN5O/c11-16-3-1-2-6(4-16)9-15-8(12)7-10(18)13-5-14-17(7)9/h5-6H,1-4H2,(H,13,14,18). The van der Waals surface area contributed by atoms with Crippen molar-refractivity contribution in [2.75, 3.05) is 13.1 Å². The van der Waals surface area contributed by atoms with E-state index in [0.29, 0.717) is 9.22 Å². The van der Waals surface area contributed by atoms with Gasteiger partial charge in [-0.25, -0.2) is 9.50 Å². The largest absolute Gasteiger partial charge is 0.353 e. The molecule has 6 nitrogen and oxygen atoms in total. The minimum Gasteiger partial charge on any atom is -0.353 e. The highest BCUT2D eigenvalue weighted by atomic mass is 127. The molecule has 0 amide bonds. The number of H-pyrrole nitrogens is 1. The van der Waals surface area contributed by atoms with E-state index in [0.717, 1.165) is 31.8 Å². The van der Waals surface area contributed by atoms with E-state index < -0.39 is 0 Å². The summed E-state index contributed by atoms with van der Waals surface area (Å²) in [5.41, 5.74) is 0.357. The minimum atomic E-state index is -0.159. The second kappa shape index (κ2) is 4.65. The predicted molar refractivity (Wildman–Crippen MR) is 75.6 cm³/mol. The van der Waals surface area contributed by atoms with Gasteiger partial charge in [0.1, 0.15) is 15.9 Å². The monoisotopic (exact) mass is 355 g/mol. The van der Waals surface area contributed by atoms with Gasteiger partial charge in [-0.1, -0.05) is 0 Å². The zero-order valence-corrected chi connectivity index (χ0v) is 11.8. The summed E-state index contributed by atoms with van der Waals surface area (Å²) in [5.74, 6) is 1.06. The zero-order chi connectivity index (χ0) is 12.7. The Morgan fingerprint density at radius 2 is 2.39 bits per heavy atom. The molecule has 2 aromatic heterocycles. The summed E-state index contributed by atoms with van der Waals surface area (Å²) >= 11 is 2.07. The summed E-state index contributed by atoms with van der Waals surface area (Å²) < 4.78 is 2.33. The highest BCUT2D eigenvalue weighted by molar-refractivity contribution is 14.1. The number of nitrogens with one attached hydrogen (secondary N) is 1. The van der Waals surface area contributed by atoms with Gasteiger partial charge < -0.3 is 9.79 Å². The van der Waals surface area contributed by atoms with Crippen LogP contribution >= 0.6 is 22.6 Å². The quantitative estimate of drug-likeness (QED) is 0.590. The lowest BCUT2D eigenvalue weighted by atomic mass is 9.95. The summed E-state index contributed by atoms with van der Waals surface area (Å²) in [6.45, 7) is 1.66. The van der Waals surface area contributed by atoms with E-state index in [2.05, 4.69) is 37.7 Å². The Bertz CT molecular complexity index is 639. The molecule has 0 aromatic carbocycles. The second-order valence-corrected chi connectivity index (χ2v) is 5.50. The first-order chi connectivity index (χ1) is 8.66. The molecule has 1 atom stereocenters. The van der Waals surface area contributed by atoms with Crippen molar-refractivity contribution < 1.29 is 0 Å². The molecule has 1 aliphatic heterocycles. The first-order valence-corrected chi connectivity index (χ1v) is 6.86. The number of hydrogen-bond acceptors (Lipinski definition) is 4. The molecule has 1 unspecified atom stereocenters. The molecule has 92 valence electrons. The van der Waals surface area contributed by atoms with E-state index in [9.17, 15) is 4.79 Å². The molecule has 2 aromatic rings. The molecule has 18 heavy (non-hydrogen) atoms. The number of nitrogens with zero attached hydrogens (tertiary/aromatic N) is 4. The first kappa shape index (κ1) is 12.2. The Labute approximate surface area is 118 Å². The van der Waals surface area contributed by atoms with Gasteiger partial charge in [0, 0.05) is 5.92 Å². The Morgan fingerprint density at radius 3 is 3.17 bits per heavy atom. The van der Waals surface area contributed by atoms with Crippen LogP contribution in [-0.2, 0) is 0 Å². The van der Waals surface area contributed by atoms with Crippen LogP contribution in [0.4, 0.5) is 0 Å². The fourth-order valence-corrected chi connectivity index (χ4v) is 3.13. The molecular formula is C10H11BIN5O. The SMILES string of the molecule is [B]N1CCCC(c2nc(I)c3c(=O)[nH]cnn23)C1. The van der Waals surface area contributed by atoms with Crippen molar-refractivity contribution in [3.63, 3.8) is 0 Å². The van der Waals surface area contributed by atoms with Crippen LogP contribution in [0.25, 0.3) is 5.52 Å². The van der Waals surface area contributed by atoms with E-state index >= 15 is 0 Å². The molecule has 3 heterocycles. The van der Waals surface area contributed by atoms with E-state index in [1.807, 2.05) is 0 Å². The topological polar surface area (TPSA) is 66.3 Å². The molecule has 0 saturated carbocycles. The van der Waals surface area contributed by atoms with E-state index in [4.69, 9.17) is 7.98 Å². The average Bonchev–Trinajstić information content (AvgIpc) is 2.68. The number of aromatic nitrogens is 4. The van der Waals surface area contributed by atoms with Crippen LogP contribution in [0.15, 0.2) is 11.1 Å².